The zero-order valence-electron chi connectivity index (χ0n) is 7.78. The van der Waals surface area contributed by atoms with Crippen molar-refractivity contribution in [1.29, 1.82) is 0 Å². The van der Waals surface area contributed by atoms with Gasteiger partial charge in [0.15, 0.2) is 0 Å². The van der Waals surface area contributed by atoms with Gasteiger partial charge in [0.25, 0.3) is 0 Å². The Bertz CT molecular complexity index is 382. The van der Waals surface area contributed by atoms with Crippen LogP contribution in [0.4, 0.5) is 17.6 Å². The molecule has 0 aromatic heterocycles. The first-order valence-corrected chi connectivity index (χ1v) is 4.08. The first kappa shape index (κ1) is 12.3. The van der Waals surface area contributed by atoms with E-state index in [0.717, 1.165) is 18.3 Å². The lowest BCUT2D eigenvalue weighted by Gasteiger charge is -2.16. The standard InChI is InChI=1S/C9H7F4NO2/c10-8(11)9(12,13)16-7-3-1-2-6(4-7)5-14-15/h1-5,8,15H. The zero-order valence-corrected chi connectivity index (χ0v) is 7.78. The van der Waals surface area contributed by atoms with Gasteiger partial charge in [0.2, 0.25) is 0 Å². The maximum absolute atomic E-state index is 12.5. The monoisotopic (exact) mass is 237 g/mol. The summed E-state index contributed by atoms with van der Waals surface area (Å²) in [6.45, 7) is 0. The SMILES string of the molecule is ON=Cc1cccc(OC(F)(F)C(F)F)c1. The third-order valence-corrected chi connectivity index (χ3v) is 1.57. The van der Waals surface area contributed by atoms with Crippen LogP contribution in [0.25, 0.3) is 0 Å². The largest absolute Gasteiger partial charge is 0.461 e. The molecule has 1 N–H and O–H groups in total. The van der Waals surface area contributed by atoms with Gasteiger partial charge in [-0.2, -0.15) is 17.6 Å². The summed E-state index contributed by atoms with van der Waals surface area (Å²) in [6.07, 6.45) is -7.51. The van der Waals surface area contributed by atoms with Gasteiger partial charge < -0.3 is 9.94 Å². The Balaban J connectivity index is 2.85. The van der Waals surface area contributed by atoms with Crippen LogP contribution >= 0.6 is 0 Å². The van der Waals surface area contributed by atoms with Crippen molar-refractivity contribution in [3.63, 3.8) is 0 Å². The highest BCUT2D eigenvalue weighted by Gasteiger charge is 2.43. The molecule has 16 heavy (non-hydrogen) atoms. The number of hydrogen-bond acceptors (Lipinski definition) is 3. The van der Waals surface area contributed by atoms with Gasteiger partial charge in [-0.1, -0.05) is 17.3 Å². The molecule has 88 valence electrons. The lowest BCUT2D eigenvalue weighted by Crippen LogP contribution is -2.33. The topological polar surface area (TPSA) is 41.8 Å². The molecule has 3 nitrogen and oxygen atoms in total. The Hall–Kier alpha value is -1.79. The molecule has 1 aromatic rings. The smallest absolute Gasteiger partial charge is 0.428 e. The highest BCUT2D eigenvalue weighted by molar-refractivity contribution is 5.79. The minimum absolute atomic E-state index is 0.241. The van der Waals surface area contributed by atoms with E-state index in [9.17, 15) is 17.6 Å². The van der Waals surface area contributed by atoms with E-state index in [-0.39, 0.29) is 5.56 Å². The van der Waals surface area contributed by atoms with E-state index in [1.54, 1.807) is 0 Å². The Morgan fingerprint density at radius 2 is 2.06 bits per heavy atom. The first-order valence-electron chi connectivity index (χ1n) is 4.08. The fourth-order valence-corrected chi connectivity index (χ4v) is 0.927. The van der Waals surface area contributed by atoms with Crippen LogP contribution in [0, 0.1) is 0 Å². The molecule has 0 spiro atoms. The van der Waals surface area contributed by atoms with Crippen LogP contribution in [-0.2, 0) is 0 Å². The average Bonchev–Trinajstić information content (AvgIpc) is 2.17. The minimum atomic E-state index is -4.55. The van der Waals surface area contributed by atoms with E-state index >= 15 is 0 Å². The molecule has 1 rings (SSSR count). The van der Waals surface area contributed by atoms with Gasteiger partial charge in [0, 0.05) is 0 Å². The number of alkyl halides is 4. The van der Waals surface area contributed by atoms with Crippen LogP contribution in [-0.4, -0.2) is 24.0 Å². The summed E-state index contributed by atoms with van der Waals surface area (Å²) in [7, 11) is 0. The first-order chi connectivity index (χ1) is 7.45. The highest BCUT2D eigenvalue weighted by atomic mass is 19.3. The second-order valence-electron chi connectivity index (χ2n) is 2.78. The summed E-state index contributed by atoms with van der Waals surface area (Å²) in [5.74, 6) is -0.442. The van der Waals surface area contributed by atoms with Gasteiger partial charge in [-0.25, -0.2) is 0 Å². The predicted octanol–water partition coefficient (Wildman–Crippen LogP) is 2.73. The van der Waals surface area contributed by atoms with Crippen LogP contribution in [0.3, 0.4) is 0 Å². The van der Waals surface area contributed by atoms with E-state index in [1.807, 2.05) is 0 Å². The lowest BCUT2D eigenvalue weighted by atomic mass is 10.2. The number of oxime groups is 1. The van der Waals surface area contributed by atoms with E-state index in [4.69, 9.17) is 5.21 Å². The van der Waals surface area contributed by atoms with Crippen molar-refractivity contribution in [2.45, 2.75) is 12.5 Å². The van der Waals surface area contributed by atoms with Gasteiger partial charge in [0.05, 0.1) is 6.21 Å². The Morgan fingerprint density at radius 3 is 2.62 bits per heavy atom. The van der Waals surface area contributed by atoms with E-state index in [2.05, 4.69) is 9.89 Å². The van der Waals surface area contributed by atoms with Crippen LogP contribution in [0.5, 0.6) is 5.75 Å². The number of halogens is 4. The van der Waals surface area contributed by atoms with Gasteiger partial charge in [-0.15, -0.1) is 0 Å². The summed E-state index contributed by atoms with van der Waals surface area (Å²) >= 11 is 0. The third kappa shape index (κ3) is 3.11. The molecule has 0 aliphatic heterocycles. The number of rotatable bonds is 4. The van der Waals surface area contributed by atoms with Gasteiger partial charge in [-0.3, -0.25) is 0 Å². The van der Waals surface area contributed by atoms with E-state index in [0.29, 0.717) is 0 Å². The molecular weight excluding hydrogens is 230 g/mol. The molecule has 0 heterocycles. The van der Waals surface area contributed by atoms with Crippen LogP contribution in [0.15, 0.2) is 29.4 Å². The Morgan fingerprint density at radius 1 is 1.38 bits per heavy atom. The quantitative estimate of drug-likeness (QED) is 0.378. The zero-order chi connectivity index (χ0) is 12.2. The van der Waals surface area contributed by atoms with E-state index < -0.39 is 18.3 Å². The molecule has 7 heteroatoms. The summed E-state index contributed by atoms with van der Waals surface area (Å²) in [4.78, 5) is 0. The predicted molar refractivity (Wildman–Crippen MR) is 47.4 cm³/mol. The summed E-state index contributed by atoms with van der Waals surface area (Å²) in [5.41, 5.74) is 0.241. The number of ether oxygens (including phenoxy) is 1. The van der Waals surface area contributed by atoms with Crippen molar-refractivity contribution in [3.05, 3.63) is 29.8 Å². The normalized spacial score (nSPS) is 12.3. The molecular formula is C9H7F4NO2. The van der Waals surface area contributed by atoms with Crippen LogP contribution < -0.4 is 4.74 Å². The molecule has 0 saturated heterocycles. The van der Waals surface area contributed by atoms with Gasteiger partial charge >= 0.3 is 12.5 Å². The molecule has 0 atom stereocenters. The van der Waals surface area contributed by atoms with Gasteiger partial charge in [0.1, 0.15) is 5.75 Å². The van der Waals surface area contributed by atoms with Crippen molar-refractivity contribution in [1.82, 2.24) is 0 Å². The third-order valence-electron chi connectivity index (χ3n) is 1.57. The average molecular weight is 237 g/mol. The molecule has 1 aromatic carbocycles. The molecule has 0 fully saturated rings. The number of benzene rings is 1. The van der Waals surface area contributed by atoms with Crippen molar-refractivity contribution >= 4 is 6.21 Å². The Labute approximate surface area is 87.9 Å². The maximum atomic E-state index is 12.5. The van der Waals surface area contributed by atoms with Crippen molar-refractivity contribution in [2.75, 3.05) is 0 Å². The number of nitrogens with zero attached hydrogens (tertiary/aromatic N) is 1. The molecule has 0 amide bonds. The number of hydrogen-bond donors (Lipinski definition) is 1. The van der Waals surface area contributed by atoms with Crippen LogP contribution in [0.2, 0.25) is 0 Å². The fourth-order valence-electron chi connectivity index (χ4n) is 0.927. The highest BCUT2D eigenvalue weighted by Crippen LogP contribution is 2.27. The Kier molecular flexibility index (Phi) is 3.70. The minimum Gasteiger partial charge on any atom is -0.428 e. The summed E-state index contributed by atoms with van der Waals surface area (Å²) in [5, 5.41) is 10.9. The molecule has 0 radical (unpaired) electrons. The summed E-state index contributed by atoms with van der Waals surface area (Å²) in [6, 6.07) is 4.85. The second kappa shape index (κ2) is 4.82. The lowest BCUT2D eigenvalue weighted by molar-refractivity contribution is -0.253. The fraction of sp³-hybridized carbons (Fsp3) is 0.222. The van der Waals surface area contributed by atoms with E-state index in [1.165, 1.54) is 12.1 Å². The molecule has 0 aliphatic rings. The van der Waals surface area contributed by atoms with Crippen LogP contribution in [0.1, 0.15) is 5.56 Å². The summed E-state index contributed by atoms with van der Waals surface area (Å²) < 4.78 is 52.4. The second-order valence-corrected chi connectivity index (χ2v) is 2.78. The van der Waals surface area contributed by atoms with Crippen molar-refractivity contribution in [2.24, 2.45) is 5.16 Å². The molecule has 0 bridgehead atoms. The maximum Gasteiger partial charge on any atom is 0.461 e. The molecule has 0 aliphatic carbocycles. The van der Waals surface area contributed by atoms with Crippen molar-refractivity contribution < 1.29 is 27.5 Å². The van der Waals surface area contributed by atoms with Gasteiger partial charge in [-0.05, 0) is 17.7 Å². The van der Waals surface area contributed by atoms with Crippen molar-refractivity contribution in [3.8, 4) is 5.75 Å². The molecule has 0 saturated carbocycles. The molecule has 0 unspecified atom stereocenters.